The molecule has 0 heterocycles. The zero-order valence-corrected chi connectivity index (χ0v) is 12.9. The van der Waals surface area contributed by atoms with Crippen molar-refractivity contribution < 1.29 is 9.53 Å². The SMILES string of the molecule is CN(C(=O)COc1cc(Cl)cc(Cl)c1)c1ccc(N)cc1. The summed E-state index contributed by atoms with van der Waals surface area (Å²) < 4.78 is 5.41. The van der Waals surface area contributed by atoms with Crippen LogP contribution in [0, 0.1) is 0 Å². The normalized spacial score (nSPS) is 10.2. The van der Waals surface area contributed by atoms with E-state index in [0.29, 0.717) is 21.5 Å². The lowest BCUT2D eigenvalue weighted by molar-refractivity contribution is -0.120. The molecule has 0 bridgehead atoms. The van der Waals surface area contributed by atoms with Crippen molar-refractivity contribution in [2.45, 2.75) is 0 Å². The lowest BCUT2D eigenvalue weighted by Crippen LogP contribution is -2.31. The van der Waals surface area contributed by atoms with E-state index in [9.17, 15) is 4.79 Å². The first-order valence-electron chi connectivity index (χ1n) is 6.16. The van der Waals surface area contributed by atoms with E-state index in [4.69, 9.17) is 33.7 Å². The number of amides is 1. The molecule has 2 aromatic rings. The van der Waals surface area contributed by atoms with Gasteiger partial charge in [-0.15, -0.1) is 0 Å². The Morgan fingerprint density at radius 1 is 1.14 bits per heavy atom. The zero-order chi connectivity index (χ0) is 15.4. The second-order valence-corrected chi connectivity index (χ2v) is 5.31. The number of benzene rings is 2. The van der Waals surface area contributed by atoms with Gasteiger partial charge in [0.25, 0.3) is 5.91 Å². The van der Waals surface area contributed by atoms with Gasteiger partial charge in [-0.1, -0.05) is 23.2 Å². The lowest BCUT2D eigenvalue weighted by Gasteiger charge is -2.18. The Morgan fingerprint density at radius 2 is 1.71 bits per heavy atom. The van der Waals surface area contributed by atoms with Gasteiger partial charge in [0.15, 0.2) is 6.61 Å². The molecule has 0 fully saturated rings. The van der Waals surface area contributed by atoms with Crippen LogP contribution >= 0.6 is 23.2 Å². The average molecular weight is 325 g/mol. The molecule has 6 heteroatoms. The summed E-state index contributed by atoms with van der Waals surface area (Å²) in [5.74, 6) is 0.252. The molecule has 0 aliphatic rings. The van der Waals surface area contributed by atoms with Gasteiger partial charge in [-0.3, -0.25) is 4.79 Å². The third-order valence-corrected chi connectivity index (χ3v) is 3.29. The van der Waals surface area contributed by atoms with Crippen LogP contribution in [0.25, 0.3) is 0 Å². The summed E-state index contributed by atoms with van der Waals surface area (Å²) >= 11 is 11.7. The molecular formula is C15H14Cl2N2O2. The molecule has 0 atom stereocenters. The van der Waals surface area contributed by atoms with Crippen LogP contribution in [0.15, 0.2) is 42.5 Å². The summed E-state index contributed by atoms with van der Waals surface area (Å²) in [4.78, 5) is 13.6. The molecule has 110 valence electrons. The van der Waals surface area contributed by atoms with Crippen molar-refractivity contribution in [3.8, 4) is 5.75 Å². The van der Waals surface area contributed by atoms with Crippen LogP contribution < -0.4 is 15.4 Å². The fourth-order valence-corrected chi connectivity index (χ4v) is 2.20. The van der Waals surface area contributed by atoms with Crippen molar-refractivity contribution in [3.63, 3.8) is 0 Å². The number of ether oxygens (including phenoxy) is 1. The van der Waals surface area contributed by atoms with Gasteiger partial charge in [-0.05, 0) is 42.5 Å². The minimum atomic E-state index is -0.198. The monoisotopic (exact) mass is 324 g/mol. The van der Waals surface area contributed by atoms with Crippen LogP contribution in [-0.2, 0) is 4.79 Å². The van der Waals surface area contributed by atoms with Crippen LogP contribution in [-0.4, -0.2) is 19.6 Å². The van der Waals surface area contributed by atoms with Crippen LogP contribution in [0.4, 0.5) is 11.4 Å². The molecule has 0 spiro atoms. The number of rotatable bonds is 4. The number of hydrogen-bond acceptors (Lipinski definition) is 3. The van der Waals surface area contributed by atoms with Crippen molar-refractivity contribution in [1.82, 2.24) is 0 Å². The summed E-state index contributed by atoms with van der Waals surface area (Å²) in [5.41, 5.74) is 6.99. The van der Waals surface area contributed by atoms with E-state index in [2.05, 4.69) is 0 Å². The van der Waals surface area contributed by atoms with Gasteiger partial charge in [0.1, 0.15) is 5.75 Å². The van der Waals surface area contributed by atoms with Gasteiger partial charge in [0.2, 0.25) is 0 Å². The van der Waals surface area contributed by atoms with Gasteiger partial charge in [0, 0.05) is 28.5 Å². The molecular weight excluding hydrogens is 311 g/mol. The first-order valence-corrected chi connectivity index (χ1v) is 6.92. The second kappa shape index (κ2) is 6.70. The molecule has 2 N–H and O–H groups in total. The Hall–Kier alpha value is -1.91. The topological polar surface area (TPSA) is 55.6 Å². The van der Waals surface area contributed by atoms with E-state index < -0.39 is 0 Å². The highest BCUT2D eigenvalue weighted by Gasteiger charge is 2.12. The maximum absolute atomic E-state index is 12.1. The standard InChI is InChI=1S/C15H14Cl2N2O2/c1-19(13-4-2-12(18)3-5-13)15(20)9-21-14-7-10(16)6-11(17)8-14/h2-8H,9,18H2,1H3. The van der Waals surface area contributed by atoms with Crippen LogP contribution in [0.2, 0.25) is 10.0 Å². The van der Waals surface area contributed by atoms with E-state index >= 15 is 0 Å². The van der Waals surface area contributed by atoms with Crippen LogP contribution in [0.3, 0.4) is 0 Å². The fourth-order valence-electron chi connectivity index (χ4n) is 1.70. The number of anilines is 2. The molecule has 0 saturated heterocycles. The highest BCUT2D eigenvalue weighted by Crippen LogP contribution is 2.24. The first kappa shape index (κ1) is 15.5. The second-order valence-electron chi connectivity index (χ2n) is 4.44. The van der Waals surface area contributed by atoms with Gasteiger partial charge in [-0.2, -0.15) is 0 Å². The predicted molar refractivity (Wildman–Crippen MR) is 86.2 cm³/mol. The molecule has 0 saturated carbocycles. The van der Waals surface area contributed by atoms with E-state index in [1.165, 1.54) is 4.90 Å². The third-order valence-electron chi connectivity index (χ3n) is 2.85. The third kappa shape index (κ3) is 4.28. The lowest BCUT2D eigenvalue weighted by atomic mass is 10.2. The predicted octanol–water partition coefficient (Wildman–Crippen LogP) is 3.62. The van der Waals surface area contributed by atoms with Crippen molar-refractivity contribution >= 4 is 40.5 Å². The Bertz CT molecular complexity index is 624. The maximum Gasteiger partial charge on any atom is 0.264 e. The smallest absolute Gasteiger partial charge is 0.264 e. The van der Waals surface area contributed by atoms with Crippen LogP contribution in [0.5, 0.6) is 5.75 Å². The molecule has 0 aliphatic heterocycles. The van der Waals surface area contributed by atoms with Crippen molar-refractivity contribution in [1.29, 1.82) is 0 Å². The summed E-state index contributed by atoms with van der Waals surface area (Å²) in [7, 11) is 1.67. The van der Waals surface area contributed by atoms with Crippen molar-refractivity contribution in [2.24, 2.45) is 0 Å². The quantitative estimate of drug-likeness (QED) is 0.874. The Labute approximate surface area is 133 Å². The van der Waals surface area contributed by atoms with E-state index in [1.807, 2.05) is 0 Å². The number of carbonyl (C=O) groups is 1. The minimum absolute atomic E-state index is 0.114. The molecule has 0 radical (unpaired) electrons. The summed E-state index contributed by atoms with van der Waals surface area (Å²) in [6.45, 7) is -0.114. The minimum Gasteiger partial charge on any atom is -0.484 e. The molecule has 0 unspecified atom stereocenters. The number of likely N-dealkylation sites (N-methyl/N-ethyl adjacent to an activating group) is 1. The molecule has 0 aliphatic carbocycles. The largest absolute Gasteiger partial charge is 0.484 e. The van der Waals surface area contributed by atoms with E-state index in [1.54, 1.807) is 49.5 Å². The highest BCUT2D eigenvalue weighted by molar-refractivity contribution is 6.34. The number of nitrogens with two attached hydrogens (primary N) is 1. The summed E-state index contributed by atoms with van der Waals surface area (Å²) in [6, 6.07) is 11.8. The van der Waals surface area contributed by atoms with Crippen molar-refractivity contribution in [2.75, 3.05) is 24.3 Å². The zero-order valence-electron chi connectivity index (χ0n) is 11.3. The van der Waals surface area contributed by atoms with E-state index in [-0.39, 0.29) is 12.5 Å². The Balaban J connectivity index is 1.99. The summed E-state index contributed by atoms with van der Waals surface area (Å²) in [6.07, 6.45) is 0. The number of nitrogens with zero attached hydrogens (tertiary/aromatic N) is 1. The number of carbonyl (C=O) groups excluding carboxylic acids is 1. The number of halogens is 2. The summed E-state index contributed by atoms with van der Waals surface area (Å²) in [5, 5.41) is 0.911. The molecule has 2 aromatic carbocycles. The maximum atomic E-state index is 12.1. The molecule has 1 amide bonds. The average Bonchev–Trinajstić information content (AvgIpc) is 2.44. The van der Waals surface area contributed by atoms with E-state index in [0.717, 1.165) is 5.69 Å². The molecule has 21 heavy (non-hydrogen) atoms. The highest BCUT2D eigenvalue weighted by atomic mass is 35.5. The van der Waals surface area contributed by atoms with Gasteiger partial charge in [0.05, 0.1) is 0 Å². The first-order chi connectivity index (χ1) is 9.95. The number of hydrogen-bond donors (Lipinski definition) is 1. The molecule has 4 nitrogen and oxygen atoms in total. The van der Waals surface area contributed by atoms with Crippen LogP contribution in [0.1, 0.15) is 0 Å². The number of nitrogen functional groups attached to an aromatic ring is 1. The fraction of sp³-hybridized carbons (Fsp3) is 0.133. The molecule has 0 aromatic heterocycles. The van der Waals surface area contributed by atoms with Gasteiger partial charge in [-0.25, -0.2) is 0 Å². The Morgan fingerprint density at radius 3 is 2.29 bits per heavy atom. The van der Waals surface area contributed by atoms with Crippen molar-refractivity contribution in [3.05, 3.63) is 52.5 Å². The Kier molecular flexibility index (Phi) is 4.94. The van der Waals surface area contributed by atoms with Gasteiger partial charge >= 0.3 is 0 Å². The van der Waals surface area contributed by atoms with Gasteiger partial charge < -0.3 is 15.4 Å². The molecule has 2 rings (SSSR count).